The van der Waals surface area contributed by atoms with Crippen molar-refractivity contribution < 1.29 is 0 Å². The highest BCUT2D eigenvalue weighted by molar-refractivity contribution is 4.91. The smallest absolute Gasteiger partial charge is 0.150 e. The zero-order valence-corrected chi connectivity index (χ0v) is 13.4. The molecule has 1 N–H and O–H groups in total. The first-order valence-corrected chi connectivity index (χ1v) is 8.71. The lowest BCUT2D eigenvalue weighted by Gasteiger charge is -2.37. The number of aromatic amines is 1. The first-order valence-electron chi connectivity index (χ1n) is 8.71. The molecule has 0 amide bonds. The van der Waals surface area contributed by atoms with Gasteiger partial charge >= 0.3 is 0 Å². The van der Waals surface area contributed by atoms with Crippen LogP contribution in [0.15, 0.2) is 0 Å². The molecule has 118 valence electrons. The summed E-state index contributed by atoms with van der Waals surface area (Å²) in [6, 6.07) is 0.820. The van der Waals surface area contributed by atoms with Gasteiger partial charge in [0.1, 0.15) is 11.6 Å². The van der Waals surface area contributed by atoms with Crippen LogP contribution in [0.3, 0.4) is 0 Å². The van der Waals surface area contributed by atoms with Gasteiger partial charge < -0.3 is 4.90 Å². The number of aromatic nitrogens is 3. The fraction of sp³-hybridized carbons (Fsp3) is 0.875. The summed E-state index contributed by atoms with van der Waals surface area (Å²) in [5.74, 6) is 1.96. The summed E-state index contributed by atoms with van der Waals surface area (Å²) in [5.41, 5.74) is 0. The van der Waals surface area contributed by atoms with Crippen LogP contribution >= 0.6 is 0 Å². The first-order chi connectivity index (χ1) is 10.3. The van der Waals surface area contributed by atoms with E-state index in [-0.39, 0.29) is 0 Å². The molecule has 0 atom stereocenters. The van der Waals surface area contributed by atoms with E-state index < -0.39 is 0 Å². The lowest BCUT2D eigenvalue weighted by atomic mass is 10.0. The molecule has 0 saturated carbocycles. The Hall–Kier alpha value is -0.940. The fourth-order valence-electron chi connectivity index (χ4n) is 3.68. The standard InChI is InChI=1S/C16H29N5/c1-2-15-17-16(19-18-15)13-20-11-7-14(8-12-20)21-9-5-3-4-6-10-21/h14H,2-13H2,1H3,(H,17,18,19). The summed E-state index contributed by atoms with van der Waals surface area (Å²) < 4.78 is 0. The molecule has 5 heteroatoms. The second kappa shape index (κ2) is 7.36. The van der Waals surface area contributed by atoms with Crippen LogP contribution in [0.25, 0.3) is 0 Å². The van der Waals surface area contributed by atoms with Crippen molar-refractivity contribution in [3.05, 3.63) is 11.6 Å². The molecule has 3 heterocycles. The number of likely N-dealkylation sites (tertiary alicyclic amines) is 2. The van der Waals surface area contributed by atoms with Gasteiger partial charge in [-0.3, -0.25) is 10.00 Å². The average molecular weight is 291 g/mol. The summed E-state index contributed by atoms with van der Waals surface area (Å²) in [7, 11) is 0. The number of rotatable bonds is 4. The molecule has 2 aliphatic rings. The molecule has 0 spiro atoms. The predicted molar refractivity (Wildman–Crippen MR) is 84.1 cm³/mol. The van der Waals surface area contributed by atoms with Gasteiger partial charge in [-0.05, 0) is 38.8 Å². The Labute approximate surface area is 128 Å². The third-order valence-electron chi connectivity index (χ3n) is 4.98. The monoisotopic (exact) mass is 291 g/mol. The van der Waals surface area contributed by atoms with E-state index >= 15 is 0 Å². The third-order valence-corrected chi connectivity index (χ3v) is 4.98. The van der Waals surface area contributed by atoms with Crippen LogP contribution in [0.5, 0.6) is 0 Å². The molecular weight excluding hydrogens is 262 g/mol. The highest BCUT2D eigenvalue weighted by atomic mass is 15.3. The SMILES string of the molecule is CCc1n[nH]c(CN2CCC(N3CCCCCC3)CC2)n1. The van der Waals surface area contributed by atoms with Gasteiger partial charge in [0, 0.05) is 25.6 Å². The average Bonchev–Trinajstić information content (AvgIpc) is 2.80. The minimum absolute atomic E-state index is 0.820. The van der Waals surface area contributed by atoms with Crippen molar-refractivity contribution in [3.8, 4) is 0 Å². The largest absolute Gasteiger partial charge is 0.300 e. The van der Waals surface area contributed by atoms with Gasteiger partial charge in [-0.25, -0.2) is 4.98 Å². The van der Waals surface area contributed by atoms with E-state index in [2.05, 4.69) is 31.9 Å². The van der Waals surface area contributed by atoms with Gasteiger partial charge in [0.2, 0.25) is 0 Å². The molecule has 5 nitrogen and oxygen atoms in total. The maximum Gasteiger partial charge on any atom is 0.150 e. The van der Waals surface area contributed by atoms with Crippen molar-refractivity contribution in [3.63, 3.8) is 0 Å². The van der Waals surface area contributed by atoms with E-state index in [1.165, 1.54) is 64.7 Å². The van der Waals surface area contributed by atoms with E-state index in [1.807, 2.05) is 0 Å². The van der Waals surface area contributed by atoms with Gasteiger partial charge in [0.25, 0.3) is 0 Å². The van der Waals surface area contributed by atoms with Crippen LogP contribution in [0.1, 0.15) is 57.1 Å². The van der Waals surface area contributed by atoms with E-state index in [4.69, 9.17) is 0 Å². The molecule has 2 aliphatic heterocycles. The van der Waals surface area contributed by atoms with Gasteiger partial charge in [-0.2, -0.15) is 5.10 Å². The highest BCUT2D eigenvalue weighted by Crippen LogP contribution is 2.21. The van der Waals surface area contributed by atoms with E-state index in [0.717, 1.165) is 30.7 Å². The normalized spacial score (nSPS) is 23.3. The van der Waals surface area contributed by atoms with Gasteiger partial charge in [0.15, 0.2) is 0 Å². The lowest BCUT2D eigenvalue weighted by Crippen LogP contribution is -2.45. The van der Waals surface area contributed by atoms with Crippen molar-refractivity contribution in [2.75, 3.05) is 26.2 Å². The first kappa shape index (κ1) is 15.0. The molecular formula is C16H29N5. The Morgan fingerprint density at radius 3 is 2.38 bits per heavy atom. The van der Waals surface area contributed by atoms with Crippen molar-refractivity contribution in [1.29, 1.82) is 0 Å². The maximum atomic E-state index is 4.53. The van der Waals surface area contributed by atoms with E-state index in [9.17, 15) is 0 Å². The molecule has 1 aromatic heterocycles. The number of hydrogen-bond acceptors (Lipinski definition) is 4. The molecule has 21 heavy (non-hydrogen) atoms. The molecule has 3 rings (SSSR count). The summed E-state index contributed by atoms with van der Waals surface area (Å²) >= 11 is 0. The molecule has 2 fully saturated rings. The molecule has 0 aromatic carbocycles. The van der Waals surface area contributed by atoms with Crippen LogP contribution in [0.2, 0.25) is 0 Å². The number of piperidine rings is 1. The number of nitrogens with zero attached hydrogens (tertiary/aromatic N) is 4. The Morgan fingerprint density at radius 1 is 1.05 bits per heavy atom. The van der Waals surface area contributed by atoms with Crippen molar-refractivity contribution in [2.45, 2.75) is 64.5 Å². The molecule has 0 aliphatic carbocycles. The molecule has 1 aromatic rings. The van der Waals surface area contributed by atoms with Gasteiger partial charge in [-0.1, -0.05) is 19.8 Å². The topological polar surface area (TPSA) is 48.1 Å². The second-order valence-electron chi connectivity index (χ2n) is 6.51. The molecule has 0 unspecified atom stereocenters. The van der Waals surface area contributed by atoms with E-state index in [1.54, 1.807) is 0 Å². The number of nitrogens with one attached hydrogen (secondary N) is 1. The zero-order valence-electron chi connectivity index (χ0n) is 13.4. The number of H-pyrrole nitrogens is 1. The summed E-state index contributed by atoms with van der Waals surface area (Å²) in [6.45, 7) is 8.07. The summed E-state index contributed by atoms with van der Waals surface area (Å²) in [5, 5.41) is 7.30. The Kier molecular flexibility index (Phi) is 5.25. The minimum Gasteiger partial charge on any atom is -0.300 e. The van der Waals surface area contributed by atoms with Crippen LogP contribution < -0.4 is 0 Å². The van der Waals surface area contributed by atoms with E-state index in [0.29, 0.717) is 0 Å². The number of aryl methyl sites for hydroxylation is 1. The predicted octanol–water partition coefficient (Wildman–Crippen LogP) is 2.21. The van der Waals surface area contributed by atoms with Crippen molar-refractivity contribution in [1.82, 2.24) is 25.0 Å². The van der Waals surface area contributed by atoms with Crippen LogP contribution in [-0.4, -0.2) is 57.2 Å². The second-order valence-corrected chi connectivity index (χ2v) is 6.51. The number of hydrogen-bond donors (Lipinski definition) is 1. The van der Waals surface area contributed by atoms with Gasteiger partial charge in [0.05, 0.1) is 6.54 Å². The fourth-order valence-corrected chi connectivity index (χ4v) is 3.68. The van der Waals surface area contributed by atoms with Gasteiger partial charge in [-0.15, -0.1) is 0 Å². The minimum atomic E-state index is 0.820. The summed E-state index contributed by atoms with van der Waals surface area (Å²) in [6.07, 6.45) is 9.20. The van der Waals surface area contributed by atoms with Crippen LogP contribution in [0.4, 0.5) is 0 Å². The van der Waals surface area contributed by atoms with Crippen molar-refractivity contribution >= 4 is 0 Å². The maximum absolute atomic E-state index is 4.53. The highest BCUT2D eigenvalue weighted by Gasteiger charge is 2.25. The Balaban J connectivity index is 1.46. The Morgan fingerprint density at radius 2 is 1.76 bits per heavy atom. The third kappa shape index (κ3) is 4.04. The lowest BCUT2D eigenvalue weighted by molar-refractivity contribution is 0.106. The van der Waals surface area contributed by atoms with Crippen LogP contribution in [-0.2, 0) is 13.0 Å². The molecule has 2 saturated heterocycles. The molecule has 0 radical (unpaired) electrons. The van der Waals surface area contributed by atoms with Crippen molar-refractivity contribution in [2.24, 2.45) is 0 Å². The van der Waals surface area contributed by atoms with Crippen LogP contribution in [0, 0.1) is 0 Å². The molecule has 0 bridgehead atoms. The zero-order chi connectivity index (χ0) is 14.5. The summed E-state index contributed by atoms with van der Waals surface area (Å²) in [4.78, 5) is 9.81. The quantitative estimate of drug-likeness (QED) is 0.924. The Bertz CT molecular complexity index is 414.